The number of para-hydroxylation sites is 2. The Bertz CT molecular complexity index is 962. The van der Waals surface area contributed by atoms with Gasteiger partial charge >= 0.3 is 0 Å². The van der Waals surface area contributed by atoms with E-state index in [0.717, 1.165) is 29.8 Å². The molecule has 1 aliphatic rings. The van der Waals surface area contributed by atoms with Crippen LogP contribution in [0, 0.1) is 13.8 Å². The molecule has 4 rings (SSSR count). The van der Waals surface area contributed by atoms with Gasteiger partial charge in [0.25, 0.3) is 0 Å². The van der Waals surface area contributed by atoms with E-state index < -0.39 is 0 Å². The Labute approximate surface area is 163 Å². The fourth-order valence-electron chi connectivity index (χ4n) is 3.68. The van der Waals surface area contributed by atoms with Gasteiger partial charge in [-0.15, -0.1) is 11.3 Å². The number of hydrogen-bond donors (Lipinski definition) is 2. The van der Waals surface area contributed by atoms with Crippen LogP contribution in [0.5, 0.6) is 0 Å². The second-order valence-corrected chi connectivity index (χ2v) is 8.25. The number of aryl methyl sites for hydroxylation is 2. The molecule has 2 atom stereocenters. The molecule has 27 heavy (non-hydrogen) atoms. The summed E-state index contributed by atoms with van der Waals surface area (Å²) in [5.74, 6) is 1.13. The molecule has 1 aromatic carbocycles. The van der Waals surface area contributed by atoms with Gasteiger partial charge in [-0.1, -0.05) is 12.1 Å². The predicted octanol–water partition coefficient (Wildman–Crippen LogP) is 2.61. The monoisotopic (exact) mass is 383 g/mol. The number of likely N-dealkylation sites (N-methyl/N-ethyl adjacent to an activating group) is 1. The molecular weight excluding hydrogens is 358 g/mol. The lowest BCUT2D eigenvalue weighted by Crippen LogP contribution is -2.44. The number of thiophene rings is 1. The Morgan fingerprint density at radius 2 is 2.11 bits per heavy atom. The lowest BCUT2D eigenvalue weighted by Gasteiger charge is -2.20. The van der Waals surface area contributed by atoms with E-state index in [1.807, 2.05) is 37.1 Å². The molecule has 1 aliphatic heterocycles. The third kappa shape index (κ3) is 3.63. The van der Waals surface area contributed by atoms with Crippen molar-refractivity contribution in [3.63, 3.8) is 0 Å². The fourth-order valence-corrected chi connectivity index (χ4v) is 4.63. The van der Waals surface area contributed by atoms with Crippen LogP contribution in [-0.2, 0) is 17.9 Å². The maximum absolute atomic E-state index is 12.8. The first-order chi connectivity index (χ1) is 13.0. The Hall–Kier alpha value is -2.22. The van der Waals surface area contributed by atoms with Gasteiger partial charge in [-0.3, -0.25) is 10.2 Å². The minimum atomic E-state index is -0.199. The molecule has 1 amide bonds. The molecule has 1 saturated heterocycles. The second-order valence-electron chi connectivity index (χ2n) is 7.25. The zero-order valence-corrected chi connectivity index (χ0v) is 16.7. The van der Waals surface area contributed by atoms with E-state index in [4.69, 9.17) is 0 Å². The summed E-state index contributed by atoms with van der Waals surface area (Å²) in [6.07, 6.45) is 0.762. The molecule has 7 heteroatoms. The SMILES string of the molecule is Cc1ccsc1CN(C)C(=O)C1CC(Cn2c(C)nc3ccccc32)NN1. The number of hydrogen-bond acceptors (Lipinski definition) is 5. The van der Waals surface area contributed by atoms with Crippen molar-refractivity contribution >= 4 is 28.3 Å². The maximum Gasteiger partial charge on any atom is 0.241 e. The molecule has 0 bridgehead atoms. The van der Waals surface area contributed by atoms with Gasteiger partial charge in [0.15, 0.2) is 0 Å². The standard InChI is InChI=1S/C20H25N5OS/c1-13-8-9-27-19(13)12-24(3)20(26)17-10-15(22-23-17)11-25-14(2)21-16-6-4-5-7-18(16)25/h4-9,15,17,22-23H,10-12H2,1-3H3. The number of nitrogens with zero attached hydrogens (tertiary/aromatic N) is 3. The minimum Gasteiger partial charge on any atom is -0.339 e. The van der Waals surface area contributed by atoms with Gasteiger partial charge in [-0.05, 0) is 49.4 Å². The van der Waals surface area contributed by atoms with E-state index in [1.54, 1.807) is 11.3 Å². The van der Waals surface area contributed by atoms with Crippen LogP contribution in [0.2, 0.25) is 0 Å². The Kier molecular flexibility index (Phi) is 4.99. The first-order valence-electron chi connectivity index (χ1n) is 9.24. The summed E-state index contributed by atoms with van der Waals surface area (Å²) in [6, 6.07) is 10.3. The lowest BCUT2D eigenvalue weighted by atomic mass is 10.1. The van der Waals surface area contributed by atoms with Crippen molar-refractivity contribution in [2.75, 3.05) is 7.05 Å². The highest BCUT2D eigenvalue weighted by Gasteiger charge is 2.31. The number of imidazole rings is 1. The average Bonchev–Trinajstić information content (AvgIpc) is 3.36. The molecule has 3 aromatic rings. The van der Waals surface area contributed by atoms with Gasteiger partial charge in [0, 0.05) is 24.5 Å². The number of amides is 1. The van der Waals surface area contributed by atoms with Crippen molar-refractivity contribution in [2.24, 2.45) is 0 Å². The number of benzene rings is 1. The van der Waals surface area contributed by atoms with E-state index in [9.17, 15) is 4.79 Å². The maximum atomic E-state index is 12.8. The van der Waals surface area contributed by atoms with Crippen LogP contribution in [0.3, 0.4) is 0 Å². The van der Waals surface area contributed by atoms with E-state index in [1.165, 1.54) is 10.4 Å². The molecular formula is C20H25N5OS. The first kappa shape index (κ1) is 18.2. The van der Waals surface area contributed by atoms with Crippen LogP contribution in [0.25, 0.3) is 11.0 Å². The molecule has 3 heterocycles. The topological polar surface area (TPSA) is 62.2 Å². The van der Waals surface area contributed by atoms with E-state index in [0.29, 0.717) is 6.54 Å². The van der Waals surface area contributed by atoms with Crippen LogP contribution in [-0.4, -0.2) is 39.5 Å². The van der Waals surface area contributed by atoms with Crippen molar-refractivity contribution in [2.45, 2.75) is 45.4 Å². The molecule has 0 spiro atoms. The van der Waals surface area contributed by atoms with Crippen molar-refractivity contribution in [1.29, 1.82) is 0 Å². The van der Waals surface area contributed by atoms with E-state index in [2.05, 4.69) is 44.8 Å². The highest BCUT2D eigenvalue weighted by molar-refractivity contribution is 7.10. The zero-order valence-electron chi connectivity index (χ0n) is 15.9. The average molecular weight is 384 g/mol. The Balaban J connectivity index is 1.40. The van der Waals surface area contributed by atoms with Crippen molar-refractivity contribution in [1.82, 2.24) is 25.3 Å². The van der Waals surface area contributed by atoms with Crippen LogP contribution >= 0.6 is 11.3 Å². The van der Waals surface area contributed by atoms with Gasteiger partial charge in [-0.2, -0.15) is 0 Å². The van der Waals surface area contributed by atoms with Gasteiger partial charge in [0.2, 0.25) is 5.91 Å². The minimum absolute atomic E-state index is 0.130. The molecule has 2 aromatic heterocycles. The number of nitrogens with one attached hydrogen (secondary N) is 2. The third-order valence-electron chi connectivity index (χ3n) is 5.25. The summed E-state index contributed by atoms with van der Waals surface area (Å²) in [6.45, 7) is 5.57. The number of aromatic nitrogens is 2. The highest BCUT2D eigenvalue weighted by Crippen LogP contribution is 2.20. The third-order valence-corrected chi connectivity index (χ3v) is 6.26. The van der Waals surface area contributed by atoms with E-state index >= 15 is 0 Å². The van der Waals surface area contributed by atoms with Crippen molar-refractivity contribution in [3.05, 3.63) is 52.0 Å². The number of rotatable bonds is 5. The van der Waals surface area contributed by atoms with Crippen LogP contribution in [0.15, 0.2) is 35.7 Å². The predicted molar refractivity (Wildman–Crippen MR) is 108 cm³/mol. The van der Waals surface area contributed by atoms with Gasteiger partial charge in [0.05, 0.1) is 17.6 Å². The molecule has 0 saturated carbocycles. The van der Waals surface area contributed by atoms with Gasteiger partial charge < -0.3 is 9.47 Å². The van der Waals surface area contributed by atoms with Crippen LogP contribution < -0.4 is 10.9 Å². The molecule has 6 nitrogen and oxygen atoms in total. The fraction of sp³-hybridized carbons (Fsp3) is 0.400. The van der Waals surface area contributed by atoms with E-state index in [-0.39, 0.29) is 18.0 Å². The highest BCUT2D eigenvalue weighted by atomic mass is 32.1. The number of hydrazine groups is 1. The molecule has 1 fully saturated rings. The molecule has 0 aliphatic carbocycles. The van der Waals surface area contributed by atoms with Crippen molar-refractivity contribution < 1.29 is 4.79 Å². The lowest BCUT2D eigenvalue weighted by molar-refractivity contribution is -0.132. The summed E-state index contributed by atoms with van der Waals surface area (Å²) >= 11 is 1.70. The van der Waals surface area contributed by atoms with Crippen LogP contribution in [0.4, 0.5) is 0 Å². The number of carbonyl (C=O) groups excluding carboxylic acids is 1. The smallest absolute Gasteiger partial charge is 0.241 e. The van der Waals surface area contributed by atoms with Gasteiger partial charge in [-0.25, -0.2) is 10.4 Å². The molecule has 142 valence electrons. The molecule has 2 unspecified atom stereocenters. The molecule has 2 N–H and O–H groups in total. The summed E-state index contributed by atoms with van der Waals surface area (Å²) in [7, 11) is 1.88. The number of carbonyl (C=O) groups is 1. The largest absolute Gasteiger partial charge is 0.339 e. The Morgan fingerprint density at radius 1 is 1.30 bits per heavy atom. The van der Waals surface area contributed by atoms with Crippen LogP contribution in [0.1, 0.15) is 22.7 Å². The summed E-state index contributed by atoms with van der Waals surface area (Å²) in [5.41, 5.74) is 9.89. The Morgan fingerprint density at radius 3 is 2.89 bits per heavy atom. The van der Waals surface area contributed by atoms with Crippen molar-refractivity contribution in [3.8, 4) is 0 Å². The first-order valence-corrected chi connectivity index (χ1v) is 10.1. The summed E-state index contributed by atoms with van der Waals surface area (Å²) in [4.78, 5) is 20.5. The summed E-state index contributed by atoms with van der Waals surface area (Å²) < 4.78 is 2.22. The molecule has 0 radical (unpaired) electrons. The summed E-state index contributed by atoms with van der Waals surface area (Å²) in [5, 5.41) is 2.08. The quantitative estimate of drug-likeness (QED) is 0.711. The number of fused-ring (bicyclic) bond motifs is 1. The normalized spacial score (nSPS) is 19.7. The van der Waals surface area contributed by atoms with Gasteiger partial charge in [0.1, 0.15) is 11.9 Å². The zero-order chi connectivity index (χ0) is 19.0. The second kappa shape index (κ2) is 7.42.